The van der Waals surface area contributed by atoms with Gasteiger partial charge in [-0.3, -0.25) is 9.59 Å². The van der Waals surface area contributed by atoms with Crippen LogP contribution in [0.4, 0.5) is 0 Å². The highest BCUT2D eigenvalue weighted by Crippen LogP contribution is 2.30. The van der Waals surface area contributed by atoms with Gasteiger partial charge >= 0.3 is 0 Å². The Labute approximate surface area is 204 Å². The Kier molecular flexibility index (Phi) is 7.12. The van der Waals surface area contributed by atoms with Crippen molar-refractivity contribution in [3.05, 3.63) is 41.4 Å². The predicted molar refractivity (Wildman–Crippen MR) is 128 cm³/mol. The lowest BCUT2D eigenvalue weighted by atomic mass is 10.1. The molecule has 1 N–H and O–H groups in total. The zero-order valence-electron chi connectivity index (χ0n) is 18.9. The Morgan fingerprint density at radius 3 is 2.65 bits per heavy atom. The zero-order chi connectivity index (χ0) is 24.5. The van der Waals surface area contributed by atoms with Gasteiger partial charge in [0.25, 0.3) is 0 Å². The summed E-state index contributed by atoms with van der Waals surface area (Å²) in [6.45, 7) is 2.88. The summed E-state index contributed by atoms with van der Waals surface area (Å²) in [5.74, 6) is -0.155. The molecule has 0 aromatic heterocycles. The zero-order valence-corrected chi connectivity index (χ0v) is 20.5. The predicted octanol–water partition coefficient (Wildman–Crippen LogP) is 2.91. The summed E-state index contributed by atoms with van der Waals surface area (Å²) in [4.78, 5) is 29.3. The van der Waals surface area contributed by atoms with Crippen LogP contribution >= 0.6 is 11.6 Å². The van der Waals surface area contributed by atoms with Crippen molar-refractivity contribution in [3.8, 4) is 6.07 Å². The van der Waals surface area contributed by atoms with Crippen LogP contribution < -0.4 is 4.72 Å². The number of nitriles is 1. The molecule has 2 aliphatic rings. The summed E-state index contributed by atoms with van der Waals surface area (Å²) in [7, 11) is -3.95. The van der Waals surface area contributed by atoms with E-state index in [-0.39, 0.29) is 30.2 Å². The first-order valence-corrected chi connectivity index (χ1v) is 13.2. The van der Waals surface area contributed by atoms with Crippen molar-refractivity contribution >= 4 is 44.2 Å². The van der Waals surface area contributed by atoms with Gasteiger partial charge in [0.15, 0.2) is 0 Å². The summed E-state index contributed by atoms with van der Waals surface area (Å²) in [5, 5.41) is 11.0. The highest BCUT2D eigenvalue weighted by Gasteiger charge is 2.40. The molecule has 1 aliphatic heterocycles. The molecule has 2 amide bonds. The minimum absolute atomic E-state index is 0.0600. The van der Waals surface area contributed by atoms with Gasteiger partial charge in [0.1, 0.15) is 12.1 Å². The van der Waals surface area contributed by atoms with Gasteiger partial charge in [-0.1, -0.05) is 23.7 Å². The topological polar surface area (TPSA) is 111 Å². The molecule has 180 valence electrons. The number of sulfonamides is 1. The molecular weight excluding hydrogens is 476 g/mol. The molecule has 2 atom stereocenters. The van der Waals surface area contributed by atoms with E-state index in [2.05, 4.69) is 10.8 Å². The fourth-order valence-electron chi connectivity index (χ4n) is 4.30. The van der Waals surface area contributed by atoms with Gasteiger partial charge in [-0.25, -0.2) is 8.42 Å². The molecule has 2 aromatic carbocycles. The molecule has 4 rings (SSSR count). The third kappa shape index (κ3) is 5.35. The van der Waals surface area contributed by atoms with Gasteiger partial charge < -0.3 is 9.80 Å². The first kappa shape index (κ1) is 24.5. The van der Waals surface area contributed by atoms with Crippen molar-refractivity contribution in [1.82, 2.24) is 14.5 Å². The maximum atomic E-state index is 13.1. The van der Waals surface area contributed by atoms with Gasteiger partial charge in [0, 0.05) is 24.7 Å². The van der Waals surface area contributed by atoms with Crippen LogP contribution in [0.5, 0.6) is 0 Å². The van der Waals surface area contributed by atoms with Gasteiger partial charge in [-0.15, -0.1) is 0 Å². The molecule has 1 aliphatic carbocycles. The van der Waals surface area contributed by atoms with Crippen LogP contribution in [-0.2, 0) is 19.6 Å². The summed E-state index contributed by atoms with van der Waals surface area (Å²) in [6, 6.07) is 10.3. The van der Waals surface area contributed by atoms with Crippen molar-refractivity contribution in [2.24, 2.45) is 5.92 Å². The van der Waals surface area contributed by atoms with Crippen LogP contribution in [0.15, 0.2) is 41.3 Å². The Bertz CT molecular complexity index is 1260. The smallest absolute Gasteiger partial charge is 0.245 e. The fraction of sp³-hybridized carbons (Fsp3) is 0.458. The summed E-state index contributed by atoms with van der Waals surface area (Å²) >= 11 is 6.00. The lowest BCUT2D eigenvalue weighted by Crippen LogP contribution is -2.50. The van der Waals surface area contributed by atoms with E-state index in [1.807, 2.05) is 0 Å². The molecule has 34 heavy (non-hydrogen) atoms. The second-order valence-corrected chi connectivity index (χ2v) is 11.1. The number of amides is 2. The maximum Gasteiger partial charge on any atom is 0.245 e. The van der Waals surface area contributed by atoms with E-state index in [9.17, 15) is 18.0 Å². The summed E-state index contributed by atoms with van der Waals surface area (Å²) < 4.78 is 28.5. The molecule has 0 bridgehead atoms. The highest BCUT2D eigenvalue weighted by molar-refractivity contribution is 7.89. The molecule has 1 saturated heterocycles. The number of likely N-dealkylation sites (tertiary alicyclic amines) is 1. The Morgan fingerprint density at radius 1 is 1.24 bits per heavy atom. The molecule has 0 radical (unpaired) electrons. The van der Waals surface area contributed by atoms with E-state index in [1.54, 1.807) is 42.2 Å². The van der Waals surface area contributed by atoms with Crippen molar-refractivity contribution in [2.45, 2.75) is 49.6 Å². The molecule has 10 heteroatoms. The first-order valence-electron chi connectivity index (χ1n) is 11.4. The second-order valence-electron chi connectivity index (χ2n) is 8.96. The largest absolute Gasteiger partial charge is 0.340 e. The number of hydrogen-bond donors (Lipinski definition) is 1. The van der Waals surface area contributed by atoms with E-state index in [4.69, 9.17) is 16.9 Å². The lowest BCUT2D eigenvalue weighted by Gasteiger charge is -2.30. The number of halogens is 1. The van der Waals surface area contributed by atoms with Crippen molar-refractivity contribution in [2.75, 3.05) is 19.6 Å². The minimum atomic E-state index is -3.95. The van der Waals surface area contributed by atoms with Gasteiger partial charge in [-0.2, -0.15) is 9.98 Å². The molecule has 2 fully saturated rings. The lowest BCUT2D eigenvalue weighted by molar-refractivity contribution is -0.143. The van der Waals surface area contributed by atoms with Crippen LogP contribution in [0.1, 0.15) is 32.6 Å². The Morgan fingerprint density at radius 2 is 1.94 bits per heavy atom. The van der Waals surface area contributed by atoms with Crippen molar-refractivity contribution in [3.63, 3.8) is 0 Å². The number of hydrogen-bond acceptors (Lipinski definition) is 5. The Balaban J connectivity index is 1.44. The van der Waals surface area contributed by atoms with Gasteiger partial charge in [0.2, 0.25) is 21.8 Å². The maximum absolute atomic E-state index is 13.1. The van der Waals surface area contributed by atoms with Gasteiger partial charge in [-0.05, 0) is 67.1 Å². The average molecular weight is 503 g/mol. The quantitative estimate of drug-likeness (QED) is 0.566. The highest BCUT2D eigenvalue weighted by atomic mass is 35.5. The van der Waals surface area contributed by atoms with E-state index in [1.165, 1.54) is 11.0 Å². The number of rotatable bonds is 9. The molecule has 8 nitrogen and oxygen atoms in total. The monoisotopic (exact) mass is 502 g/mol. The summed E-state index contributed by atoms with van der Waals surface area (Å²) in [6.07, 6.45) is 2.65. The normalized spacial score (nSPS) is 19.3. The van der Waals surface area contributed by atoms with E-state index >= 15 is 0 Å². The van der Waals surface area contributed by atoms with Crippen LogP contribution in [0.3, 0.4) is 0 Å². The number of carbonyl (C=O) groups excluding carboxylic acids is 2. The van der Waals surface area contributed by atoms with Crippen LogP contribution in [0.2, 0.25) is 5.02 Å². The number of carbonyl (C=O) groups is 2. The second kappa shape index (κ2) is 9.90. The van der Waals surface area contributed by atoms with Gasteiger partial charge in [0.05, 0.1) is 17.4 Å². The number of nitrogens with one attached hydrogen (secondary N) is 1. The molecule has 0 unspecified atom stereocenters. The number of benzene rings is 2. The van der Waals surface area contributed by atoms with Crippen LogP contribution in [-0.4, -0.2) is 61.7 Å². The first-order chi connectivity index (χ1) is 16.2. The SMILES string of the molecule is C[C@@H](C(=O)N(CCC#N)CC1CC1)N1CC[C@H](NS(=O)(=O)c2ccc3cc(Cl)ccc3c2)C1=O. The van der Waals surface area contributed by atoms with Crippen LogP contribution in [0.25, 0.3) is 10.8 Å². The standard InChI is InChI=1S/C24H27ClN4O4S/c1-16(23(30)28(11-2-10-26)15-17-3-4-17)29-12-9-22(24(29)31)27-34(32,33)21-8-6-18-13-20(25)7-5-19(18)14-21/h5-8,13-14,16-17,22,27H,2-4,9,11-12,15H2,1H3/t16-,22-/m0/s1. The van der Waals surface area contributed by atoms with E-state index in [0.29, 0.717) is 24.0 Å². The molecule has 1 heterocycles. The Hall–Kier alpha value is -2.67. The molecule has 1 saturated carbocycles. The number of nitrogens with zero attached hydrogens (tertiary/aromatic N) is 3. The average Bonchev–Trinajstić information content (AvgIpc) is 3.57. The number of fused-ring (bicyclic) bond motifs is 1. The van der Waals surface area contributed by atoms with Crippen LogP contribution in [0, 0.1) is 17.2 Å². The third-order valence-corrected chi connectivity index (χ3v) is 8.13. The van der Waals surface area contributed by atoms with E-state index in [0.717, 1.165) is 23.6 Å². The molecular formula is C24H27ClN4O4S. The van der Waals surface area contributed by atoms with Crippen molar-refractivity contribution < 1.29 is 18.0 Å². The summed E-state index contributed by atoms with van der Waals surface area (Å²) in [5.41, 5.74) is 0. The van der Waals surface area contributed by atoms with Crippen molar-refractivity contribution in [1.29, 1.82) is 5.26 Å². The van der Waals surface area contributed by atoms with E-state index < -0.39 is 28.0 Å². The minimum Gasteiger partial charge on any atom is -0.340 e. The fourth-order valence-corrected chi connectivity index (χ4v) is 5.74. The molecule has 0 spiro atoms. The third-order valence-electron chi connectivity index (χ3n) is 6.43. The molecule has 2 aromatic rings.